The maximum Gasteiger partial charge on any atom is 0.263 e. The van der Waals surface area contributed by atoms with Crippen LogP contribution >= 0.6 is 22.9 Å². The number of nitrogens with two attached hydrogens (primary N) is 1. The van der Waals surface area contributed by atoms with Gasteiger partial charge in [-0.15, -0.1) is 11.3 Å². The molecule has 1 unspecified atom stereocenters. The van der Waals surface area contributed by atoms with Crippen LogP contribution in [0.2, 0.25) is 5.02 Å². The lowest BCUT2D eigenvalue weighted by Crippen LogP contribution is -2.29. The van der Waals surface area contributed by atoms with Crippen molar-refractivity contribution in [3.63, 3.8) is 0 Å². The molecule has 0 spiro atoms. The van der Waals surface area contributed by atoms with Crippen molar-refractivity contribution in [2.45, 2.75) is 6.42 Å². The number of thiophene rings is 1. The summed E-state index contributed by atoms with van der Waals surface area (Å²) in [7, 11) is 0. The van der Waals surface area contributed by atoms with E-state index in [1.54, 1.807) is 6.07 Å². The minimum atomic E-state index is -0.133. The average Bonchev–Trinajstić information content (AvgIpc) is 3.05. The van der Waals surface area contributed by atoms with Crippen molar-refractivity contribution < 1.29 is 9.53 Å². The summed E-state index contributed by atoms with van der Waals surface area (Å²) in [6.45, 7) is 2.12. The fraction of sp³-hybridized carbons (Fsp3) is 0.357. The molecule has 1 aliphatic rings. The highest BCUT2D eigenvalue weighted by Gasteiger charge is 2.20. The summed E-state index contributed by atoms with van der Waals surface area (Å²) in [5, 5.41) is 4.29. The summed E-state index contributed by atoms with van der Waals surface area (Å²) in [5.41, 5.74) is 6.53. The summed E-state index contributed by atoms with van der Waals surface area (Å²) in [6, 6.07) is 5.56. The molecule has 3 N–H and O–H groups in total. The van der Waals surface area contributed by atoms with Gasteiger partial charge in [-0.3, -0.25) is 4.79 Å². The van der Waals surface area contributed by atoms with Gasteiger partial charge >= 0.3 is 0 Å². The lowest BCUT2D eigenvalue weighted by Gasteiger charge is -2.08. The third-order valence-electron chi connectivity index (χ3n) is 3.48. The highest BCUT2D eigenvalue weighted by Crippen LogP contribution is 2.37. The Morgan fingerprint density at radius 2 is 2.40 bits per heavy atom. The molecular weight excluding hydrogens is 296 g/mol. The van der Waals surface area contributed by atoms with Gasteiger partial charge in [-0.25, -0.2) is 0 Å². The van der Waals surface area contributed by atoms with Crippen LogP contribution in [0, 0.1) is 5.92 Å². The Morgan fingerprint density at radius 1 is 1.55 bits per heavy atom. The maximum absolute atomic E-state index is 12.2. The van der Waals surface area contributed by atoms with Crippen molar-refractivity contribution in [1.29, 1.82) is 0 Å². The van der Waals surface area contributed by atoms with E-state index in [0.717, 1.165) is 23.1 Å². The van der Waals surface area contributed by atoms with Gasteiger partial charge in [-0.1, -0.05) is 17.7 Å². The molecule has 0 bridgehead atoms. The van der Waals surface area contributed by atoms with E-state index in [9.17, 15) is 4.79 Å². The van der Waals surface area contributed by atoms with Crippen molar-refractivity contribution in [2.24, 2.45) is 5.92 Å². The van der Waals surface area contributed by atoms with E-state index in [1.807, 2.05) is 12.1 Å². The van der Waals surface area contributed by atoms with E-state index in [-0.39, 0.29) is 5.91 Å². The number of rotatable bonds is 3. The SMILES string of the molecule is Nc1c(C(=O)NCC2CCOC2)sc2cccc(Cl)c12. The van der Waals surface area contributed by atoms with Crippen LogP contribution in [-0.4, -0.2) is 25.7 Å². The van der Waals surface area contributed by atoms with Gasteiger partial charge in [0.05, 0.1) is 17.3 Å². The first-order valence-electron chi connectivity index (χ1n) is 6.49. The summed E-state index contributed by atoms with van der Waals surface area (Å²) >= 11 is 7.52. The molecule has 20 heavy (non-hydrogen) atoms. The van der Waals surface area contributed by atoms with Crippen LogP contribution in [0.25, 0.3) is 10.1 Å². The maximum atomic E-state index is 12.2. The van der Waals surface area contributed by atoms with Crippen molar-refractivity contribution in [3.8, 4) is 0 Å². The average molecular weight is 311 g/mol. The minimum Gasteiger partial charge on any atom is -0.397 e. The first-order valence-corrected chi connectivity index (χ1v) is 7.68. The monoisotopic (exact) mass is 310 g/mol. The van der Waals surface area contributed by atoms with Gasteiger partial charge in [0.2, 0.25) is 0 Å². The molecule has 3 rings (SSSR count). The summed E-state index contributed by atoms with van der Waals surface area (Å²) in [4.78, 5) is 12.8. The smallest absolute Gasteiger partial charge is 0.263 e. The summed E-state index contributed by atoms with van der Waals surface area (Å²) in [5.74, 6) is 0.268. The van der Waals surface area contributed by atoms with Crippen LogP contribution in [0.4, 0.5) is 5.69 Å². The molecular formula is C14H15ClN2O2S. The highest BCUT2D eigenvalue weighted by molar-refractivity contribution is 7.21. The Labute approximate surface area is 125 Å². The van der Waals surface area contributed by atoms with E-state index < -0.39 is 0 Å². The first kappa shape index (κ1) is 13.7. The third kappa shape index (κ3) is 2.49. The third-order valence-corrected chi connectivity index (χ3v) is 4.97. The number of hydrogen-bond donors (Lipinski definition) is 2. The number of hydrogen-bond acceptors (Lipinski definition) is 4. The molecule has 106 valence electrons. The molecule has 2 heterocycles. The fourth-order valence-corrected chi connectivity index (χ4v) is 3.76. The summed E-state index contributed by atoms with van der Waals surface area (Å²) in [6.07, 6.45) is 0.994. The predicted molar refractivity (Wildman–Crippen MR) is 82.5 cm³/mol. The number of nitrogens with one attached hydrogen (secondary N) is 1. The molecule has 1 aliphatic heterocycles. The Morgan fingerprint density at radius 3 is 3.10 bits per heavy atom. The molecule has 1 atom stereocenters. The molecule has 0 saturated carbocycles. The van der Waals surface area contributed by atoms with Gasteiger partial charge in [0.15, 0.2) is 0 Å². The zero-order valence-electron chi connectivity index (χ0n) is 10.8. The van der Waals surface area contributed by atoms with Crippen LogP contribution in [0.1, 0.15) is 16.1 Å². The van der Waals surface area contributed by atoms with E-state index >= 15 is 0 Å². The van der Waals surface area contributed by atoms with E-state index in [2.05, 4.69) is 5.32 Å². The molecule has 2 aromatic rings. The number of anilines is 1. The first-order chi connectivity index (χ1) is 9.66. The lowest BCUT2D eigenvalue weighted by molar-refractivity contribution is 0.0950. The standard InChI is InChI=1S/C14H15ClN2O2S/c15-9-2-1-3-10-11(9)12(16)13(20-10)14(18)17-6-8-4-5-19-7-8/h1-3,8H,4-7,16H2,(H,17,18). The molecule has 1 aromatic carbocycles. The van der Waals surface area contributed by atoms with E-state index in [4.69, 9.17) is 22.1 Å². The Balaban J connectivity index is 1.80. The molecule has 1 aromatic heterocycles. The van der Waals surface area contributed by atoms with E-state index in [0.29, 0.717) is 34.7 Å². The van der Waals surface area contributed by atoms with Crippen molar-refractivity contribution >= 4 is 44.6 Å². The molecule has 0 aliphatic carbocycles. The van der Waals surface area contributed by atoms with Crippen molar-refractivity contribution in [2.75, 3.05) is 25.5 Å². The topological polar surface area (TPSA) is 64.4 Å². The van der Waals surface area contributed by atoms with Crippen LogP contribution in [0.3, 0.4) is 0 Å². The van der Waals surface area contributed by atoms with Gasteiger partial charge in [0, 0.05) is 29.2 Å². The zero-order chi connectivity index (χ0) is 14.1. The molecule has 6 heteroatoms. The normalized spacial score (nSPS) is 18.6. The Kier molecular flexibility index (Phi) is 3.83. The number of ether oxygens (including phenoxy) is 1. The van der Waals surface area contributed by atoms with Gasteiger partial charge in [-0.2, -0.15) is 0 Å². The number of halogens is 1. The summed E-state index contributed by atoms with van der Waals surface area (Å²) < 4.78 is 6.23. The number of carbonyl (C=O) groups is 1. The Hall–Kier alpha value is -1.30. The number of benzene rings is 1. The van der Waals surface area contributed by atoms with Gasteiger partial charge < -0.3 is 15.8 Å². The Bertz CT molecular complexity index is 650. The van der Waals surface area contributed by atoms with Gasteiger partial charge in [0.25, 0.3) is 5.91 Å². The van der Waals surface area contributed by atoms with Crippen LogP contribution < -0.4 is 11.1 Å². The highest BCUT2D eigenvalue weighted by atomic mass is 35.5. The molecule has 1 saturated heterocycles. The lowest BCUT2D eigenvalue weighted by atomic mass is 10.1. The fourth-order valence-electron chi connectivity index (χ4n) is 2.36. The van der Waals surface area contributed by atoms with Gasteiger partial charge in [0.1, 0.15) is 4.88 Å². The predicted octanol–water partition coefficient (Wildman–Crippen LogP) is 2.90. The second-order valence-corrected chi connectivity index (χ2v) is 6.36. The van der Waals surface area contributed by atoms with Crippen LogP contribution in [0.15, 0.2) is 18.2 Å². The van der Waals surface area contributed by atoms with Crippen molar-refractivity contribution in [1.82, 2.24) is 5.32 Å². The molecule has 1 fully saturated rings. The quantitative estimate of drug-likeness (QED) is 0.916. The number of amides is 1. The van der Waals surface area contributed by atoms with Crippen LogP contribution in [0.5, 0.6) is 0 Å². The zero-order valence-corrected chi connectivity index (χ0v) is 12.4. The number of nitrogen functional groups attached to an aromatic ring is 1. The molecule has 1 amide bonds. The number of carbonyl (C=O) groups excluding carboxylic acids is 1. The molecule has 0 radical (unpaired) electrons. The largest absolute Gasteiger partial charge is 0.397 e. The van der Waals surface area contributed by atoms with Crippen molar-refractivity contribution in [3.05, 3.63) is 28.1 Å². The second kappa shape index (κ2) is 5.60. The second-order valence-electron chi connectivity index (χ2n) is 4.90. The van der Waals surface area contributed by atoms with E-state index in [1.165, 1.54) is 11.3 Å². The van der Waals surface area contributed by atoms with Gasteiger partial charge in [-0.05, 0) is 18.6 Å². The molecule has 4 nitrogen and oxygen atoms in total. The minimum absolute atomic E-state index is 0.133. The van der Waals surface area contributed by atoms with Crippen LogP contribution in [-0.2, 0) is 4.74 Å². The number of fused-ring (bicyclic) bond motifs is 1.